The van der Waals surface area contributed by atoms with Crippen molar-refractivity contribution in [1.29, 1.82) is 0 Å². The Kier molecular flexibility index (Phi) is 2.85. The fourth-order valence-corrected chi connectivity index (χ4v) is 0.720. The highest BCUT2D eigenvalue weighted by Crippen LogP contribution is 2.15. The Morgan fingerprint density at radius 1 is 1.50 bits per heavy atom. The van der Waals surface area contributed by atoms with Gasteiger partial charge in [-0.1, -0.05) is 20.8 Å². The van der Waals surface area contributed by atoms with Gasteiger partial charge in [0.05, 0.1) is 13.2 Å². The maximum Gasteiger partial charge on any atom is 0.163 e. The molecule has 1 saturated heterocycles. The number of Topliss-reactive ketones (excluding diaryl/α,β-unsaturated/α-hetero) is 1. The molecule has 1 aliphatic heterocycles. The van der Waals surface area contributed by atoms with Gasteiger partial charge in [0, 0.05) is 5.41 Å². The number of rotatable bonds is 3. The van der Waals surface area contributed by atoms with E-state index in [1.807, 2.05) is 20.8 Å². The zero-order chi connectivity index (χ0) is 9.19. The van der Waals surface area contributed by atoms with Crippen molar-refractivity contribution >= 4 is 5.78 Å². The summed E-state index contributed by atoms with van der Waals surface area (Å²) in [5, 5.41) is 0. The number of ether oxygens (including phenoxy) is 2. The van der Waals surface area contributed by atoms with Gasteiger partial charge in [-0.25, -0.2) is 0 Å². The van der Waals surface area contributed by atoms with Crippen LogP contribution in [0.25, 0.3) is 0 Å². The molecule has 1 fully saturated rings. The molecule has 0 aliphatic carbocycles. The van der Waals surface area contributed by atoms with Gasteiger partial charge in [0.15, 0.2) is 5.78 Å². The summed E-state index contributed by atoms with van der Waals surface area (Å²) in [6.45, 7) is 7.19. The Morgan fingerprint density at radius 2 is 2.08 bits per heavy atom. The fraction of sp³-hybridized carbons (Fsp3) is 0.889. The van der Waals surface area contributed by atoms with Crippen LogP contribution in [-0.2, 0) is 14.3 Å². The highest BCUT2D eigenvalue weighted by Gasteiger charge is 2.25. The number of hydrogen-bond acceptors (Lipinski definition) is 3. The topological polar surface area (TPSA) is 35.5 Å². The number of hydrogen-bond donors (Lipinski definition) is 0. The summed E-state index contributed by atoms with van der Waals surface area (Å²) in [5.41, 5.74) is -0.287. The molecule has 0 bridgehead atoms. The van der Waals surface area contributed by atoms with Crippen LogP contribution in [0.1, 0.15) is 20.8 Å². The minimum absolute atomic E-state index is 0.148. The Hall–Kier alpha value is -0.410. The second-order valence-electron chi connectivity index (χ2n) is 4.14. The van der Waals surface area contributed by atoms with Crippen LogP contribution in [0.4, 0.5) is 0 Å². The molecule has 1 rings (SSSR count). The molecular weight excluding hydrogens is 156 g/mol. The first kappa shape index (κ1) is 9.68. The van der Waals surface area contributed by atoms with Crippen LogP contribution in [-0.4, -0.2) is 31.7 Å². The molecule has 0 aromatic rings. The number of ketones is 1. The van der Waals surface area contributed by atoms with Gasteiger partial charge in [0.2, 0.25) is 0 Å². The first-order valence-electron chi connectivity index (χ1n) is 4.23. The largest absolute Gasteiger partial charge is 0.376 e. The second kappa shape index (κ2) is 3.54. The molecule has 70 valence electrons. The molecule has 3 nitrogen and oxygen atoms in total. The third kappa shape index (κ3) is 2.57. The predicted octanol–water partition coefficient (Wildman–Crippen LogP) is 1.02. The summed E-state index contributed by atoms with van der Waals surface area (Å²) in [7, 11) is 0. The van der Waals surface area contributed by atoms with Gasteiger partial charge < -0.3 is 9.47 Å². The van der Waals surface area contributed by atoms with Crippen LogP contribution in [0.5, 0.6) is 0 Å². The molecule has 0 radical (unpaired) electrons. The molecule has 12 heavy (non-hydrogen) atoms. The van der Waals surface area contributed by atoms with Crippen LogP contribution in [0.15, 0.2) is 0 Å². The van der Waals surface area contributed by atoms with E-state index in [9.17, 15) is 4.79 Å². The van der Waals surface area contributed by atoms with Crippen LogP contribution in [0.3, 0.4) is 0 Å². The van der Waals surface area contributed by atoms with Crippen molar-refractivity contribution < 1.29 is 14.3 Å². The zero-order valence-corrected chi connectivity index (χ0v) is 7.92. The van der Waals surface area contributed by atoms with Gasteiger partial charge >= 0.3 is 0 Å². The molecule has 0 aromatic heterocycles. The maximum atomic E-state index is 11.3. The van der Waals surface area contributed by atoms with E-state index < -0.39 is 0 Å². The molecule has 0 spiro atoms. The second-order valence-corrected chi connectivity index (χ2v) is 4.14. The van der Waals surface area contributed by atoms with E-state index in [4.69, 9.17) is 9.47 Å². The average Bonchev–Trinajstić information content (AvgIpc) is 1.81. The summed E-state index contributed by atoms with van der Waals surface area (Å²) in [5.74, 6) is 0.148. The van der Waals surface area contributed by atoms with E-state index in [0.29, 0.717) is 13.2 Å². The maximum absolute atomic E-state index is 11.3. The smallest absolute Gasteiger partial charge is 0.163 e. The Morgan fingerprint density at radius 3 is 2.42 bits per heavy atom. The van der Waals surface area contributed by atoms with Gasteiger partial charge in [0.1, 0.15) is 12.7 Å². The van der Waals surface area contributed by atoms with Crippen molar-refractivity contribution in [3.8, 4) is 0 Å². The molecular formula is C9H16O3. The molecule has 1 heterocycles. The lowest BCUT2D eigenvalue weighted by molar-refractivity contribution is -0.152. The molecule has 1 aliphatic rings. The number of carbonyl (C=O) groups is 1. The molecule has 0 unspecified atom stereocenters. The third-order valence-electron chi connectivity index (χ3n) is 1.89. The highest BCUT2D eigenvalue weighted by atomic mass is 16.6. The minimum atomic E-state index is -0.287. The summed E-state index contributed by atoms with van der Waals surface area (Å²) in [6.07, 6.45) is 0.149. The highest BCUT2D eigenvalue weighted by molar-refractivity contribution is 5.84. The lowest BCUT2D eigenvalue weighted by Crippen LogP contribution is -2.38. The molecule has 0 amide bonds. The lowest BCUT2D eigenvalue weighted by atomic mass is 9.91. The monoisotopic (exact) mass is 172 g/mol. The first-order chi connectivity index (χ1) is 5.50. The first-order valence-corrected chi connectivity index (χ1v) is 4.23. The van der Waals surface area contributed by atoms with Gasteiger partial charge in [0.25, 0.3) is 0 Å². The lowest BCUT2D eigenvalue weighted by Gasteiger charge is -2.27. The number of carbonyl (C=O) groups excluding carboxylic acids is 1. The molecule has 0 saturated carbocycles. The molecule has 0 aromatic carbocycles. The van der Waals surface area contributed by atoms with E-state index in [0.717, 1.165) is 0 Å². The Bertz CT molecular complexity index is 165. The Labute approximate surface area is 73.0 Å². The molecule has 0 atom stereocenters. The Balaban J connectivity index is 2.17. The predicted molar refractivity (Wildman–Crippen MR) is 45.0 cm³/mol. The molecule has 3 heteroatoms. The van der Waals surface area contributed by atoms with Crippen molar-refractivity contribution in [2.75, 3.05) is 19.8 Å². The minimum Gasteiger partial charge on any atom is -0.376 e. The van der Waals surface area contributed by atoms with E-state index in [2.05, 4.69) is 0 Å². The van der Waals surface area contributed by atoms with Gasteiger partial charge in [-0.3, -0.25) is 4.79 Å². The van der Waals surface area contributed by atoms with Gasteiger partial charge in [-0.05, 0) is 0 Å². The van der Waals surface area contributed by atoms with Gasteiger partial charge in [-0.2, -0.15) is 0 Å². The standard InChI is InChI=1S/C9H16O3/c1-9(2,3)8(10)6-12-7-4-11-5-7/h7H,4-6H2,1-3H3. The summed E-state index contributed by atoms with van der Waals surface area (Å²) < 4.78 is 10.2. The van der Waals surface area contributed by atoms with Crippen molar-refractivity contribution in [2.24, 2.45) is 5.41 Å². The summed E-state index contributed by atoms with van der Waals surface area (Å²) in [6, 6.07) is 0. The zero-order valence-electron chi connectivity index (χ0n) is 7.92. The quantitative estimate of drug-likeness (QED) is 0.637. The summed E-state index contributed by atoms with van der Waals surface area (Å²) >= 11 is 0. The third-order valence-corrected chi connectivity index (χ3v) is 1.89. The van der Waals surface area contributed by atoms with Crippen molar-refractivity contribution in [3.05, 3.63) is 0 Å². The van der Waals surface area contributed by atoms with Crippen molar-refractivity contribution in [3.63, 3.8) is 0 Å². The van der Waals surface area contributed by atoms with E-state index in [1.54, 1.807) is 0 Å². The summed E-state index contributed by atoms with van der Waals surface area (Å²) in [4.78, 5) is 11.3. The van der Waals surface area contributed by atoms with Crippen LogP contribution in [0.2, 0.25) is 0 Å². The molecule has 0 N–H and O–H groups in total. The van der Waals surface area contributed by atoms with E-state index in [-0.39, 0.29) is 23.9 Å². The van der Waals surface area contributed by atoms with Crippen LogP contribution in [0, 0.1) is 5.41 Å². The van der Waals surface area contributed by atoms with Crippen LogP contribution < -0.4 is 0 Å². The van der Waals surface area contributed by atoms with Crippen molar-refractivity contribution in [1.82, 2.24) is 0 Å². The van der Waals surface area contributed by atoms with Crippen LogP contribution >= 0.6 is 0 Å². The average molecular weight is 172 g/mol. The van der Waals surface area contributed by atoms with Crippen molar-refractivity contribution in [2.45, 2.75) is 26.9 Å². The SMILES string of the molecule is CC(C)(C)C(=O)COC1COC1. The fourth-order valence-electron chi connectivity index (χ4n) is 0.720. The van der Waals surface area contributed by atoms with Gasteiger partial charge in [-0.15, -0.1) is 0 Å². The van der Waals surface area contributed by atoms with E-state index >= 15 is 0 Å². The normalized spacial score (nSPS) is 18.9. The van der Waals surface area contributed by atoms with E-state index in [1.165, 1.54) is 0 Å².